The Morgan fingerprint density at radius 2 is 1.64 bits per heavy atom. The molecule has 0 bridgehead atoms. The zero-order valence-electron chi connectivity index (χ0n) is 18.7. The summed E-state index contributed by atoms with van der Waals surface area (Å²) in [6, 6.07) is 21.8. The molecule has 2 aromatic heterocycles. The van der Waals surface area contributed by atoms with Crippen molar-refractivity contribution in [3.05, 3.63) is 78.5 Å². The Hall–Kier alpha value is -4.26. The molecule has 0 saturated heterocycles. The monoisotopic (exact) mass is 440 g/mol. The highest BCUT2D eigenvalue weighted by Gasteiger charge is 2.13. The van der Waals surface area contributed by atoms with Crippen molar-refractivity contribution in [1.29, 1.82) is 0 Å². The summed E-state index contributed by atoms with van der Waals surface area (Å²) in [5, 5.41) is 9.96. The first-order valence-electron chi connectivity index (χ1n) is 10.6. The van der Waals surface area contributed by atoms with Gasteiger partial charge in [-0.3, -0.25) is 9.67 Å². The molecule has 33 heavy (non-hydrogen) atoms. The number of fused-ring (bicyclic) bond motifs is 2. The minimum absolute atomic E-state index is 0.624. The summed E-state index contributed by atoms with van der Waals surface area (Å²) < 4.78 is 19.0. The molecule has 7 heteroatoms. The lowest BCUT2D eigenvalue weighted by Crippen LogP contribution is -2.00. The topological polar surface area (TPSA) is 70.4 Å². The number of aryl methyl sites for hydroxylation is 1. The van der Waals surface area contributed by atoms with Gasteiger partial charge in [-0.05, 0) is 29.8 Å². The summed E-state index contributed by atoms with van der Waals surface area (Å²) in [6.07, 6.45) is 1.72. The van der Waals surface area contributed by atoms with Crippen LogP contribution in [-0.4, -0.2) is 29.0 Å². The van der Waals surface area contributed by atoms with Crippen LogP contribution in [0, 0.1) is 0 Å². The van der Waals surface area contributed by atoms with Gasteiger partial charge in [-0.2, -0.15) is 5.10 Å². The Morgan fingerprint density at radius 1 is 0.848 bits per heavy atom. The average molecular weight is 441 g/mol. The highest BCUT2D eigenvalue weighted by molar-refractivity contribution is 5.92. The summed E-state index contributed by atoms with van der Waals surface area (Å²) in [6.45, 7) is 0.708. The van der Waals surface area contributed by atoms with E-state index in [4.69, 9.17) is 14.2 Å². The molecule has 166 valence electrons. The lowest BCUT2D eigenvalue weighted by molar-refractivity contribution is 0.355. The lowest BCUT2D eigenvalue weighted by atomic mass is 10.1. The number of ether oxygens (including phenoxy) is 3. The Kier molecular flexibility index (Phi) is 5.44. The predicted molar refractivity (Wildman–Crippen MR) is 129 cm³/mol. The van der Waals surface area contributed by atoms with Gasteiger partial charge in [0.1, 0.15) is 11.5 Å². The van der Waals surface area contributed by atoms with Crippen molar-refractivity contribution in [2.75, 3.05) is 19.5 Å². The summed E-state index contributed by atoms with van der Waals surface area (Å²) in [5.41, 5.74) is 2.94. The van der Waals surface area contributed by atoms with Gasteiger partial charge < -0.3 is 19.5 Å². The first kappa shape index (κ1) is 20.6. The van der Waals surface area contributed by atoms with Crippen LogP contribution in [0.3, 0.4) is 0 Å². The highest BCUT2D eigenvalue weighted by atomic mass is 16.5. The molecular weight excluding hydrogens is 416 g/mol. The van der Waals surface area contributed by atoms with Gasteiger partial charge >= 0.3 is 0 Å². The van der Waals surface area contributed by atoms with Crippen LogP contribution in [0.1, 0.15) is 5.56 Å². The molecule has 0 radical (unpaired) electrons. The second-order valence-corrected chi connectivity index (χ2v) is 7.63. The minimum Gasteiger partial charge on any atom is -0.493 e. The van der Waals surface area contributed by atoms with Crippen molar-refractivity contribution in [3.63, 3.8) is 0 Å². The second-order valence-electron chi connectivity index (χ2n) is 7.63. The third kappa shape index (κ3) is 4.01. The molecule has 0 fully saturated rings. The Balaban J connectivity index is 1.45. The van der Waals surface area contributed by atoms with Crippen molar-refractivity contribution in [2.45, 2.75) is 6.54 Å². The van der Waals surface area contributed by atoms with Crippen molar-refractivity contribution in [1.82, 2.24) is 14.8 Å². The van der Waals surface area contributed by atoms with Crippen LogP contribution in [-0.2, 0) is 13.6 Å². The lowest BCUT2D eigenvalue weighted by Gasteiger charge is -2.12. The van der Waals surface area contributed by atoms with Gasteiger partial charge in [-0.1, -0.05) is 30.3 Å². The number of benzene rings is 3. The Morgan fingerprint density at radius 3 is 2.42 bits per heavy atom. The van der Waals surface area contributed by atoms with Gasteiger partial charge in [-0.25, -0.2) is 0 Å². The zero-order valence-corrected chi connectivity index (χ0v) is 18.7. The fourth-order valence-electron chi connectivity index (χ4n) is 3.88. The van der Waals surface area contributed by atoms with E-state index < -0.39 is 0 Å². The maximum Gasteiger partial charge on any atom is 0.162 e. The molecule has 2 heterocycles. The summed E-state index contributed by atoms with van der Waals surface area (Å²) in [5.74, 6) is 3.49. The number of methoxy groups -OCH3 is 2. The molecule has 0 unspecified atom stereocenters. The van der Waals surface area contributed by atoms with E-state index in [0.29, 0.717) is 29.5 Å². The van der Waals surface area contributed by atoms with Gasteiger partial charge in [-0.15, -0.1) is 0 Å². The van der Waals surface area contributed by atoms with E-state index in [-0.39, 0.29) is 0 Å². The Bertz CT molecular complexity index is 1430. The third-order valence-electron chi connectivity index (χ3n) is 5.56. The maximum atomic E-state index is 6.27. The van der Waals surface area contributed by atoms with Crippen molar-refractivity contribution in [3.8, 4) is 23.0 Å². The number of anilines is 1. The second kappa shape index (κ2) is 8.70. The van der Waals surface area contributed by atoms with Gasteiger partial charge in [0.25, 0.3) is 0 Å². The maximum absolute atomic E-state index is 6.27. The number of nitrogens with one attached hydrogen (secondary N) is 1. The quantitative estimate of drug-likeness (QED) is 0.358. The first-order chi connectivity index (χ1) is 16.2. The molecular formula is C26H24N4O3. The van der Waals surface area contributed by atoms with Gasteiger partial charge in [0.2, 0.25) is 0 Å². The van der Waals surface area contributed by atoms with Gasteiger partial charge in [0.15, 0.2) is 17.3 Å². The Labute approximate surface area is 191 Å². The molecule has 7 nitrogen and oxygen atoms in total. The van der Waals surface area contributed by atoms with Crippen molar-refractivity contribution < 1.29 is 14.2 Å². The molecule has 0 spiro atoms. The molecule has 1 N–H and O–H groups in total. The van der Waals surface area contributed by atoms with Crippen LogP contribution in [0.4, 0.5) is 5.82 Å². The predicted octanol–water partition coefficient (Wildman–Crippen LogP) is 5.54. The van der Waals surface area contributed by atoms with E-state index in [9.17, 15) is 0 Å². The van der Waals surface area contributed by atoms with E-state index in [0.717, 1.165) is 27.6 Å². The zero-order chi connectivity index (χ0) is 22.8. The first-order valence-corrected chi connectivity index (χ1v) is 10.6. The number of aromatic nitrogens is 3. The fraction of sp³-hybridized carbons (Fsp3) is 0.154. The molecule has 0 aliphatic heterocycles. The van der Waals surface area contributed by atoms with Crippen LogP contribution < -0.4 is 19.5 Å². The van der Waals surface area contributed by atoms with E-state index in [1.165, 1.54) is 5.56 Å². The van der Waals surface area contributed by atoms with Crippen LogP contribution in [0.25, 0.3) is 21.8 Å². The number of pyridine rings is 1. The van der Waals surface area contributed by atoms with Gasteiger partial charge in [0.05, 0.1) is 25.3 Å². The average Bonchev–Trinajstić information content (AvgIpc) is 3.17. The van der Waals surface area contributed by atoms with Crippen molar-refractivity contribution >= 4 is 27.6 Å². The van der Waals surface area contributed by atoms with E-state index in [1.807, 2.05) is 66.3 Å². The summed E-state index contributed by atoms with van der Waals surface area (Å²) >= 11 is 0. The fourth-order valence-corrected chi connectivity index (χ4v) is 3.88. The summed E-state index contributed by atoms with van der Waals surface area (Å²) in [4.78, 5) is 4.44. The highest BCUT2D eigenvalue weighted by Crippen LogP contribution is 2.37. The normalized spacial score (nSPS) is 11.0. The molecule has 3 aromatic carbocycles. The van der Waals surface area contributed by atoms with Crippen LogP contribution in [0.15, 0.2) is 72.9 Å². The van der Waals surface area contributed by atoms with E-state index >= 15 is 0 Å². The molecule has 0 amide bonds. The molecule has 5 rings (SSSR count). The molecule has 0 aliphatic carbocycles. The number of rotatable bonds is 7. The molecule has 5 aromatic rings. The molecule has 0 saturated carbocycles. The van der Waals surface area contributed by atoms with E-state index in [2.05, 4.69) is 27.5 Å². The third-order valence-corrected chi connectivity index (χ3v) is 5.56. The van der Waals surface area contributed by atoms with Crippen LogP contribution >= 0.6 is 0 Å². The molecule has 0 aliphatic rings. The smallest absolute Gasteiger partial charge is 0.162 e. The summed E-state index contributed by atoms with van der Waals surface area (Å²) in [7, 11) is 5.15. The molecule has 0 atom stereocenters. The van der Waals surface area contributed by atoms with Crippen LogP contribution in [0.5, 0.6) is 23.0 Å². The number of hydrogen-bond donors (Lipinski definition) is 1. The van der Waals surface area contributed by atoms with E-state index in [1.54, 1.807) is 20.4 Å². The largest absolute Gasteiger partial charge is 0.493 e. The number of nitrogens with zero attached hydrogens (tertiary/aromatic N) is 3. The van der Waals surface area contributed by atoms with Gasteiger partial charge in [0, 0.05) is 42.7 Å². The number of hydrogen-bond acceptors (Lipinski definition) is 6. The SMILES string of the molecule is COc1cc2nccc(Oc3ccc4c(NCc5ccccc5)nn(C)c4c3)c2cc1OC. The minimum atomic E-state index is 0.624. The standard InChI is InChI=1S/C26H24N4O3/c1-30-22-13-18(9-10-19(22)26(29-30)28-16-17-7-5-4-6-8-17)33-23-11-12-27-21-15-25(32-3)24(31-2)14-20(21)23/h4-15H,16H2,1-3H3,(H,28,29). The van der Waals surface area contributed by atoms with Crippen LogP contribution in [0.2, 0.25) is 0 Å². The van der Waals surface area contributed by atoms with Crippen molar-refractivity contribution in [2.24, 2.45) is 7.05 Å².